The Morgan fingerprint density at radius 1 is 1.50 bits per heavy atom. The smallest absolute Gasteiger partial charge is 0.130 e. The van der Waals surface area contributed by atoms with Gasteiger partial charge in [-0.3, -0.25) is 0 Å². The van der Waals surface area contributed by atoms with Crippen LogP contribution in [0.4, 0.5) is 4.39 Å². The Labute approximate surface area is 117 Å². The lowest BCUT2D eigenvalue weighted by molar-refractivity contribution is 0.289. The lowest BCUT2D eigenvalue weighted by atomic mass is 10.1. The van der Waals surface area contributed by atoms with Crippen molar-refractivity contribution in [1.82, 2.24) is 9.55 Å². The minimum Gasteiger partial charge on any atom is -0.487 e. The molecule has 1 saturated carbocycles. The molecular formula is C15H18FN3O. The molecule has 1 aliphatic rings. The van der Waals surface area contributed by atoms with E-state index in [2.05, 4.69) is 9.55 Å². The van der Waals surface area contributed by atoms with Crippen LogP contribution in [0.2, 0.25) is 0 Å². The molecule has 0 amide bonds. The van der Waals surface area contributed by atoms with Crippen LogP contribution in [-0.2, 0) is 6.61 Å². The average Bonchev–Trinajstić information content (AvgIpc) is 3.15. The first-order valence-electron chi connectivity index (χ1n) is 6.83. The highest BCUT2D eigenvalue weighted by Gasteiger charge is 2.25. The first-order chi connectivity index (χ1) is 9.65. The molecule has 3 rings (SSSR count). The van der Waals surface area contributed by atoms with Gasteiger partial charge in [-0.1, -0.05) is 6.07 Å². The Morgan fingerprint density at radius 2 is 2.30 bits per heavy atom. The zero-order valence-electron chi connectivity index (χ0n) is 11.4. The van der Waals surface area contributed by atoms with Gasteiger partial charge >= 0.3 is 0 Å². The van der Waals surface area contributed by atoms with E-state index in [1.165, 1.54) is 25.0 Å². The molecule has 0 saturated heterocycles. The first-order valence-corrected chi connectivity index (χ1v) is 6.83. The second-order valence-electron chi connectivity index (χ2n) is 5.28. The summed E-state index contributed by atoms with van der Waals surface area (Å²) in [6, 6.07) is 4.82. The molecule has 20 heavy (non-hydrogen) atoms. The number of hydrogen-bond donors (Lipinski definition) is 1. The molecule has 1 heterocycles. The van der Waals surface area contributed by atoms with Gasteiger partial charge < -0.3 is 15.0 Å². The first kappa shape index (κ1) is 13.1. The van der Waals surface area contributed by atoms with Gasteiger partial charge in [0.25, 0.3) is 0 Å². The zero-order valence-corrected chi connectivity index (χ0v) is 11.4. The van der Waals surface area contributed by atoms with Gasteiger partial charge in [0.2, 0.25) is 0 Å². The van der Waals surface area contributed by atoms with Gasteiger partial charge in [0.15, 0.2) is 0 Å². The summed E-state index contributed by atoms with van der Waals surface area (Å²) in [5, 5.41) is 0. The second kappa shape index (κ2) is 5.25. The molecule has 1 aromatic heterocycles. The van der Waals surface area contributed by atoms with E-state index in [1.807, 2.05) is 13.3 Å². The molecule has 0 unspecified atom stereocenters. The SMILES string of the molecule is C[C@@H](N)c1ccc(F)cc1OCc1cncn1C1CC1. The molecule has 4 nitrogen and oxygen atoms in total. The predicted molar refractivity (Wildman–Crippen MR) is 73.8 cm³/mol. The fourth-order valence-electron chi connectivity index (χ4n) is 2.29. The maximum Gasteiger partial charge on any atom is 0.130 e. The van der Waals surface area contributed by atoms with Crippen molar-refractivity contribution in [3.05, 3.63) is 47.8 Å². The Hall–Kier alpha value is -1.88. The Balaban J connectivity index is 1.77. The molecule has 0 bridgehead atoms. The number of hydrogen-bond acceptors (Lipinski definition) is 3. The molecule has 106 valence electrons. The van der Waals surface area contributed by atoms with Gasteiger partial charge in [-0.2, -0.15) is 0 Å². The molecule has 0 aliphatic heterocycles. The maximum absolute atomic E-state index is 13.4. The van der Waals surface area contributed by atoms with Gasteiger partial charge in [0.05, 0.1) is 18.2 Å². The molecule has 5 heteroatoms. The number of imidazole rings is 1. The maximum atomic E-state index is 13.4. The number of aromatic nitrogens is 2. The highest BCUT2D eigenvalue weighted by molar-refractivity contribution is 5.36. The number of nitrogens with two attached hydrogens (primary N) is 1. The van der Waals surface area contributed by atoms with Crippen LogP contribution in [0.1, 0.15) is 43.1 Å². The summed E-state index contributed by atoms with van der Waals surface area (Å²) in [7, 11) is 0. The third kappa shape index (κ3) is 2.67. The van der Waals surface area contributed by atoms with Crippen molar-refractivity contribution in [1.29, 1.82) is 0 Å². The highest BCUT2D eigenvalue weighted by atomic mass is 19.1. The van der Waals surface area contributed by atoms with Crippen LogP contribution in [0.15, 0.2) is 30.7 Å². The molecule has 0 spiro atoms. The Morgan fingerprint density at radius 3 is 3.00 bits per heavy atom. The van der Waals surface area contributed by atoms with Crippen molar-refractivity contribution in [3.8, 4) is 5.75 Å². The quantitative estimate of drug-likeness (QED) is 0.912. The van der Waals surface area contributed by atoms with Crippen molar-refractivity contribution in [2.24, 2.45) is 5.73 Å². The molecular weight excluding hydrogens is 257 g/mol. The van der Waals surface area contributed by atoms with Crippen LogP contribution in [0.25, 0.3) is 0 Å². The summed E-state index contributed by atoms with van der Waals surface area (Å²) >= 11 is 0. The van der Waals surface area contributed by atoms with E-state index < -0.39 is 0 Å². The van der Waals surface area contributed by atoms with Crippen LogP contribution in [0.5, 0.6) is 5.75 Å². The van der Waals surface area contributed by atoms with Crippen LogP contribution < -0.4 is 10.5 Å². The van der Waals surface area contributed by atoms with E-state index in [4.69, 9.17) is 10.5 Å². The van der Waals surface area contributed by atoms with E-state index in [9.17, 15) is 4.39 Å². The molecule has 0 radical (unpaired) electrons. The van der Waals surface area contributed by atoms with Gasteiger partial charge in [-0.25, -0.2) is 9.37 Å². The third-order valence-corrected chi connectivity index (χ3v) is 3.53. The molecule has 2 N–H and O–H groups in total. The van der Waals surface area contributed by atoms with Crippen LogP contribution in [0.3, 0.4) is 0 Å². The van der Waals surface area contributed by atoms with E-state index in [0.29, 0.717) is 18.4 Å². The lowest BCUT2D eigenvalue weighted by Crippen LogP contribution is -2.09. The van der Waals surface area contributed by atoms with Gasteiger partial charge in [-0.15, -0.1) is 0 Å². The van der Waals surface area contributed by atoms with E-state index in [-0.39, 0.29) is 11.9 Å². The summed E-state index contributed by atoms with van der Waals surface area (Å²) in [5.41, 5.74) is 7.70. The van der Waals surface area contributed by atoms with Crippen LogP contribution in [0, 0.1) is 5.82 Å². The van der Waals surface area contributed by atoms with Crippen LogP contribution >= 0.6 is 0 Å². The standard InChI is InChI=1S/C15H18FN3O/c1-10(17)14-5-2-11(16)6-15(14)20-8-13-7-18-9-19(13)12-3-4-12/h2,5-7,9-10,12H,3-4,8,17H2,1H3/t10-/m1/s1. The zero-order chi connectivity index (χ0) is 14.1. The topological polar surface area (TPSA) is 53.1 Å². The predicted octanol–water partition coefficient (Wildman–Crippen LogP) is 2.96. The summed E-state index contributed by atoms with van der Waals surface area (Å²) in [6.45, 7) is 2.23. The second-order valence-corrected chi connectivity index (χ2v) is 5.28. The van der Waals surface area contributed by atoms with Crippen molar-refractivity contribution in [3.63, 3.8) is 0 Å². The third-order valence-electron chi connectivity index (χ3n) is 3.53. The minimum atomic E-state index is -0.319. The minimum absolute atomic E-state index is 0.195. The fraction of sp³-hybridized carbons (Fsp3) is 0.400. The largest absolute Gasteiger partial charge is 0.487 e. The molecule has 2 aromatic rings. The molecule has 1 atom stereocenters. The van der Waals surface area contributed by atoms with Crippen molar-refractivity contribution in [2.45, 2.75) is 38.5 Å². The van der Waals surface area contributed by atoms with E-state index in [0.717, 1.165) is 11.3 Å². The summed E-state index contributed by atoms with van der Waals surface area (Å²) in [4.78, 5) is 4.15. The fourth-order valence-corrected chi connectivity index (χ4v) is 2.29. The summed E-state index contributed by atoms with van der Waals surface area (Å²) in [6.07, 6.45) is 6.00. The molecule has 1 aliphatic carbocycles. The molecule has 1 aromatic carbocycles. The Bertz CT molecular complexity index is 605. The number of benzene rings is 1. The number of nitrogens with zero attached hydrogens (tertiary/aromatic N) is 2. The number of rotatable bonds is 5. The van der Waals surface area contributed by atoms with Crippen LogP contribution in [-0.4, -0.2) is 9.55 Å². The van der Waals surface area contributed by atoms with Crippen molar-refractivity contribution < 1.29 is 9.13 Å². The van der Waals surface area contributed by atoms with Gasteiger partial charge in [0.1, 0.15) is 18.2 Å². The number of ether oxygens (including phenoxy) is 1. The van der Waals surface area contributed by atoms with E-state index in [1.54, 1.807) is 12.3 Å². The van der Waals surface area contributed by atoms with Gasteiger partial charge in [0, 0.05) is 23.7 Å². The van der Waals surface area contributed by atoms with E-state index >= 15 is 0 Å². The van der Waals surface area contributed by atoms with Crippen molar-refractivity contribution >= 4 is 0 Å². The normalized spacial score (nSPS) is 16.1. The lowest BCUT2D eigenvalue weighted by Gasteiger charge is -2.14. The summed E-state index contributed by atoms with van der Waals surface area (Å²) < 4.78 is 21.2. The monoisotopic (exact) mass is 275 g/mol. The van der Waals surface area contributed by atoms with Crippen molar-refractivity contribution in [2.75, 3.05) is 0 Å². The molecule has 1 fully saturated rings. The van der Waals surface area contributed by atoms with Gasteiger partial charge in [-0.05, 0) is 25.8 Å². The summed E-state index contributed by atoms with van der Waals surface area (Å²) in [5.74, 6) is 0.184. The average molecular weight is 275 g/mol. The Kier molecular flexibility index (Phi) is 3.44. The highest BCUT2D eigenvalue weighted by Crippen LogP contribution is 2.36. The number of halogens is 1.